The molecule has 1 aromatic heterocycles. The minimum absolute atomic E-state index is 0.279. The predicted molar refractivity (Wildman–Crippen MR) is 101 cm³/mol. The molecule has 9 heteroatoms. The lowest BCUT2D eigenvalue weighted by Crippen LogP contribution is -2.75. The second-order valence-electron chi connectivity index (χ2n) is 9.63. The fraction of sp³-hybridized carbons (Fsp3) is 0.682. The zero-order valence-corrected chi connectivity index (χ0v) is 17.6. The average Bonchev–Trinajstić information content (AvgIpc) is 3.29. The molecule has 3 heterocycles. The predicted octanol–water partition coefficient (Wildman–Crippen LogP) is 1.27. The number of ether oxygens (including phenoxy) is 3. The molecular formula is C22H26O9. The van der Waals surface area contributed by atoms with Gasteiger partial charge in [-0.25, -0.2) is 0 Å². The quantitative estimate of drug-likeness (QED) is 0.521. The minimum Gasteiger partial charge on any atom is -0.472 e. The van der Waals surface area contributed by atoms with Crippen molar-refractivity contribution < 1.29 is 43.2 Å². The molecule has 2 saturated carbocycles. The lowest BCUT2D eigenvalue weighted by molar-refractivity contribution is -0.298. The van der Waals surface area contributed by atoms with Crippen molar-refractivity contribution in [2.45, 2.75) is 63.4 Å². The van der Waals surface area contributed by atoms with E-state index in [1.807, 2.05) is 0 Å². The Hall–Kier alpha value is -2.39. The van der Waals surface area contributed by atoms with E-state index in [0.717, 1.165) is 0 Å². The number of cyclic esters (lactones) is 2. The zero-order chi connectivity index (χ0) is 22.4. The van der Waals surface area contributed by atoms with Gasteiger partial charge >= 0.3 is 17.9 Å². The van der Waals surface area contributed by atoms with Crippen molar-refractivity contribution in [3.8, 4) is 0 Å². The Balaban J connectivity index is 1.82. The van der Waals surface area contributed by atoms with Crippen molar-refractivity contribution in [3.63, 3.8) is 0 Å². The van der Waals surface area contributed by atoms with Gasteiger partial charge < -0.3 is 28.8 Å². The molecule has 2 N–H and O–H groups in total. The summed E-state index contributed by atoms with van der Waals surface area (Å²) in [5.41, 5.74) is -6.19. The van der Waals surface area contributed by atoms with Crippen LogP contribution in [0.1, 0.15) is 51.7 Å². The lowest BCUT2D eigenvalue weighted by Gasteiger charge is -2.62. The summed E-state index contributed by atoms with van der Waals surface area (Å²) in [6, 6.07) is 1.60. The van der Waals surface area contributed by atoms with Crippen LogP contribution >= 0.6 is 0 Å². The third kappa shape index (κ3) is 2.07. The van der Waals surface area contributed by atoms with Gasteiger partial charge in [0.15, 0.2) is 0 Å². The maximum absolute atomic E-state index is 13.0. The second kappa shape index (κ2) is 6.10. The van der Waals surface area contributed by atoms with Crippen molar-refractivity contribution >= 4 is 17.9 Å². The van der Waals surface area contributed by atoms with Crippen LogP contribution in [0.2, 0.25) is 0 Å². The number of fused-ring (bicyclic) bond motifs is 1. The normalized spacial score (nSPS) is 48.3. The highest BCUT2D eigenvalue weighted by Gasteiger charge is 2.88. The number of furan rings is 1. The summed E-state index contributed by atoms with van der Waals surface area (Å²) in [6.45, 7) is 4.05. The summed E-state index contributed by atoms with van der Waals surface area (Å²) in [7, 11) is 0. The Morgan fingerprint density at radius 2 is 2.00 bits per heavy atom. The van der Waals surface area contributed by atoms with E-state index in [-0.39, 0.29) is 6.61 Å². The van der Waals surface area contributed by atoms with Crippen LogP contribution in [0.15, 0.2) is 23.0 Å². The maximum Gasteiger partial charge on any atom is 0.314 e. The molecule has 8 atom stereocenters. The summed E-state index contributed by atoms with van der Waals surface area (Å²) >= 11 is 0. The third-order valence-electron chi connectivity index (χ3n) is 8.51. The van der Waals surface area contributed by atoms with Gasteiger partial charge in [-0.2, -0.15) is 0 Å². The fourth-order valence-electron chi connectivity index (χ4n) is 7.08. The highest BCUT2D eigenvalue weighted by molar-refractivity contribution is 5.82. The summed E-state index contributed by atoms with van der Waals surface area (Å²) in [6.07, 6.45) is 1.58. The van der Waals surface area contributed by atoms with Crippen LogP contribution in [0.3, 0.4) is 0 Å². The molecule has 2 aliphatic carbocycles. The Morgan fingerprint density at radius 1 is 1.26 bits per heavy atom. The number of carbonyl (C=O) groups is 3. The molecule has 0 aromatic carbocycles. The number of rotatable bonds is 2. The smallest absolute Gasteiger partial charge is 0.314 e. The maximum atomic E-state index is 13.0. The van der Waals surface area contributed by atoms with E-state index in [1.165, 1.54) is 26.4 Å². The molecule has 5 rings (SSSR count). The number of aliphatic hydroxyl groups is 2. The molecule has 1 aromatic rings. The zero-order valence-electron chi connectivity index (χ0n) is 17.6. The van der Waals surface area contributed by atoms with E-state index < -0.39 is 64.0 Å². The Bertz CT molecular complexity index is 956. The summed E-state index contributed by atoms with van der Waals surface area (Å²) in [4.78, 5) is 38.1. The topological polar surface area (TPSA) is 133 Å². The van der Waals surface area contributed by atoms with Crippen LogP contribution in [0.4, 0.5) is 0 Å². The van der Waals surface area contributed by atoms with E-state index in [2.05, 4.69) is 0 Å². The van der Waals surface area contributed by atoms with Gasteiger partial charge in [-0.3, -0.25) is 14.4 Å². The first-order chi connectivity index (χ1) is 14.5. The molecule has 168 valence electrons. The molecule has 2 bridgehead atoms. The number of hydrogen-bond donors (Lipinski definition) is 2. The Labute approximate surface area is 178 Å². The summed E-state index contributed by atoms with van der Waals surface area (Å²) in [5.74, 6) is -4.00. The molecule has 9 nitrogen and oxygen atoms in total. The molecule has 2 saturated heterocycles. The largest absolute Gasteiger partial charge is 0.472 e. The van der Waals surface area contributed by atoms with Crippen molar-refractivity contribution in [2.24, 2.45) is 22.7 Å². The highest BCUT2D eigenvalue weighted by atomic mass is 16.6. The molecule has 4 fully saturated rings. The van der Waals surface area contributed by atoms with Crippen LogP contribution in [0, 0.1) is 22.7 Å². The van der Waals surface area contributed by atoms with E-state index in [4.69, 9.17) is 18.6 Å². The van der Waals surface area contributed by atoms with Gasteiger partial charge in [0, 0.05) is 12.5 Å². The first-order valence-corrected chi connectivity index (χ1v) is 10.6. The monoisotopic (exact) mass is 434 g/mol. The van der Waals surface area contributed by atoms with E-state index in [9.17, 15) is 24.6 Å². The SMILES string of the molecule is CC(=O)O[C@@H]1[C@H]2[C@H](c3ccoc3)OC(=O)[C@H](C)[C@@]2(O)[C@@]23CCC[C@@](C)(C(=O)OC2)[C@@]13O. The molecule has 4 aliphatic rings. The molecule has 0 unspecified atom stereocenters. The number of esters is 3. The first-order valence-electron chi connectivity index (χ1n) is 10.6. The summed E-state index contributed by atoms with van der Waals surface area (Å²) in [5, 5.41) is 24.8. The standard InChI is InChI=1S/C22H26O9/c1-11-17(24)31-15(13-5-8-28-9-13)14-16(30-12(2)23)22(27)19(3)6-4-7-20(22,21(11,14)26)10-29-18(19)25/h5,8-9,11,14-16,26-27H,4,6-7,10H2,1-3H3/t11-,14+,15-,16+,19-,20+,21-,22-/m0/s1. The molecule has 0 amide bonds. The molecule has 31 heavy (non-hydrogen) atoms. The van der Waals surface area contributed by atoms with Crippen LogP contribution in [0.25, 0.3) is 0 Å². The van der Waals surface area contributed by atoms with E-state index >= 15 is 0 Å². The van der Waals surface area contributed by atoms with Crippen molar-refractivity contribution in [1.29, 1.82) is 0 Å². The van der Waals surface area contributed by atoms with Gasteiger partial charge in [-0.05, 0) is 32.8 Å². The minimum atomic E-state index is -1.96. The van der Waals surface area contributed by atoms with Crippen LogP contribution in [0.5, 0.6) is 0 Å². The highest BCUT2D eigenvalue weighted by Crippen LogP contribution is 2.74. The van der Waals surface area contributed by atoms with Gasteiger partial charge in [0.1, 0.15) is 24.4 Å². The van der Waals surface area contributed by atoms with Crippen molar-refractivity contribution in [2.75, 3.05) is 6.61 Å². The fourth-order valence-corrected chi connectivity index (χ4v) is 7.08. The van der Waals surface area contributed by atoms with Gasteiger partial charge in [0.2, 0.25) is 0 Å². The number of hydrogen-bond acceptors (Lipinski definition) is 9. The lowest BCUT2D eigenvalue weighted by atomic mass is 9.47. The van der Waals surface area contributed by atoms with Gasteiger partial charge in [-0.1, -0.05) is 6.42 Å². The second-order valence-corrected chi connectivity index (χ2v) is 9.63. The van der Waals surface area contributed by atoms with E-state index in [1.54, 1.807) is 13.0 Å². The molecule has 2 aliphatic heterocycles. The third-order valence-corrected chi connectivity index (χ3v) is 8.51. The Kier molecular flexibility index (Phi) is 4.04. The van der Waals surface area contributed by atoms with Gasteiger partial charge in [0.25, 0.3) is 0 Å². The van der Waals surface area contributed by atoms with Gasteiger partial charge in [0.05, 0.1) is 40.8 Å². The summed E-state index contributed by atoms with van der Waals surface area (Å²) < 4.78 is 22.1. The van der Waals surface area contributed by atoms with Gasteiger partial charge in [-0.15, -0.1) is 0 Å². The van der Waals surface area contributed by atoms with Crippen molar-refractivity contribution in [3.05, 3.63) is 24.2 Å². The van der Waals surface area contributed by atoms with Crippen LogP contribution in [-0.2, 0) is 28.6 Å². The molecule has 0 radical (unpaired) electrons. The average molecular weight is 434 g/mol. The van der Waals surface area contributed by atoms with Crippen molar-refractivity contribution in [1.82, 2.24) is 0 Å². The molecular weight excluding hydrogens is 408 g/mol. The first kappa shape index (κ1) is 20.5. The van der Waals surface area contributed by atoms with Crippen LogP contribution < -0.4 is 0 Å². The molecule has 0 spiro atoms. The number of carbonyl (C=O) groups excluding carboxylic acids is 3. The van der Waals surface area contributed by atoms with E-state index in [0.29, 0.717) is 24.8 Å². The van der Waals surface area contributed by atoms with Crippen LogP contribution in [-0.4, -0.2) is 52.0 Å². The Morgan fingerprint density at radius 3 is 2.65 bits per heavy atom.